The quantitative estimate of drug-likeness (QED) is 0.840. The number of rotatable bonds is 3. The molecule has 0 amide bonds. The average Bonchev–Trinajstić information content (AvgIpc) is 2.79. The summed E-state index contributed by atoms with van der Waals surface area (Å²) in [6.45, 7) is 2.26. The fourth-order valence-corrected chi connectivity index (χ4v) is 4.53. The van der Waals surface area contributed by atoms with Crippen LogP contribution in [0.1, 0.15) is 22.3 Å². The molecule has 1 unspecified atom stereocenters. The van der Waals surface area contributed by atoms with Gasteiger partial charge in [0, 0.05) is 23.6 Å². The Balaban J connectivity index is 2.54. The lowest BCUT2D eigenvalue weighted by Gasteiger charge is -2.18. The van der Waals surface area contributed by atoms with Crippen molar-refractivity contribution in [3.05, 3.63) is 27.7 Å². The van der Waals surface area contributed by atoms with Crippen LogP contribution in [-0.4, -0.2) is 42.9 Å². The molecular formula is C12H15BrN2O4S. The van der Waals surface area contributed by atoms with Crippen LogP contribution in [-0.2, 0) is 10.0 Å². The van der Waals surface area contributed by atoms with Gasteiger partial charge in [-0.3, -0.25) is 0 Å². The summed E-state index contributed by atoms with van der Waals surface area (Å²) in [5.74, 6) is -1.17. The molecule has 1 aliphatic heterocycles. The first-order valence-corrected chi connectivity index (χ1v) is 8.26. The molecule has 8 heteroatoms. The van der Waals surface area contributed by atoms with Gasteiger partial charge in [0.25, 0.3) is 0 Å². The van der Waals surface area contributed by atoms with Crippen LogP contribution >= 0.6 is 15.9 Å². The van der Waals surface area contributed by atoms with E-state index < -0.39 is 16.0 Å². The van der Waals surface area contributed by atoms with Crippen LogP contribution in [0.25, 0.3) is 0 Å². The molecule has 0 radical (unpaired) electrons. The van der Waals surface area contributed by atoms with Gasteiger partial charge < -0.3 is 10.8 Å². The Hall–Kier alpha value is -0.960. The molecular weight excluding hydrogens is 348 g/mol. The van der Waals surface area contributed by atoms with E-state index >= 15 is 0 Å². The lowest BCUT2D eigenvalue weighted by atomic mass is 10.1. The van der Waals surface area contributed by atoms with Crippen LogP contribution in [0.5, 0.6) is 0 Å². The zero-order valence-electron chi connectivity index (χ0n) is 10.8. The third-order valence-corrected chi connectivity index (χ3v) is 6.16. The molecule has 1 saturated heterocycles. The Morgan fingerprint density at radius 2 is 2.15 bits per heavy atom. The maximum absolute atomic E-state index is 12.6. The summed E-state index contributed by atoms with van der Waals surface area (Å²) in [4.78, 5) is 11.1. The van der Waals surface area contributed by atoms with Crippen molar-refractivity contribution in [2.75, 3.05) is 13.1 Å². The van der Waals surface area contributed by atoms with Crippen LogP contribution in [0.2, 0.25) is 0 Å². The highest BCUT2D eigenvalue weighted by molar-refractivity contribution is 9.10. The lowest BCUT2D eigenvalue weighted by Crippen LogP contribution is -2.32. The smallest absolute Gasteiger partial charge is 0.335 e. The van der Waals surface area contributed by atoms with E-state index in [-0.39, 0.29) is 23.0 Å². The largest absolute Gasteiger partial charge is 0.478 e. The number of hydrogen-bond acceptors (Lipinski definition) is 4. The molecule has 1 fully saturated rings. The van der Waals surface area contributed by atoms with Gasteiger partial charge in [-0.15, -0.1) is 0 Å². The number of benzene rings is 1. The summed E-state index contributed by atoms with van der Waals surface area (Å²) in [6.07, 6.45) is 0.609. The van der Waals surface area contributed by atoms with Crippen molar-refractivity contribution < 1.29 is 18.3 Å². The monoisotopic (exact) mass is 362 g/mol. The zero-order valence-corrected chi connectivity index (χ0v) is 13.2. The Kier molecular flexibility index (Phi) is 4.19. The van der Waals surface area contributed by atoms with Crippen LogP contribution < -0.4 is 5.73 Å². The Morgan fingerprint density at radius 3 is 2.65 bits per heavy atom. The number of nitrogens with zero attached hydrogens (tertiary/aromatic N) is 1. The average molecular weight is 363 g/mol. The van der Waals surface area contributed by atoms with E-state index in [4.69, 9.17) is 10.8 Å². The molecule has 110 valence electrons. The van der Waals surface area contributed by atoms with E-state index in [1.165, 1.54) is 16.4 Å². The van der Waals surface area contributed by atoms with Gasteiger partial charge in [-0.05, 0) is 31.0 Å². The SMILES string of the molecule is Cc1c(Br)cc(C(=O)O)cc1S(=O)(=O)N1CCC(N)C1. The molecule has 6 nitrogen and oxygen atoms in total. The van der Waals surface area contributed by atoms with Gasteiger partial charge in [0.15, 0.2) is 0 Å². The Bertz CT molecular complexity index is 660. The third kappa shape index (κ3) is 2.73. The molecule has 1 aromatic rings. The van der Waals surface area contributed by atoms with Crippen molar-refractivity contribution in [1.29, 1.82) is 0 Å². The van der Waals surface area contributed by atoms with E-state index in [1.807, 2.05) is 0 Å². The number of aromatic carboxylic acids is 1. The summed E-state index contributed by atoms with van der Waals surface area (Å²) in [5.41, 5.74) is 6.17. The number of carboxylic acid groups (broad SMARTS) is 1. The van der Waals surface area contributed by atoms with E-state index in [9.17, 15) is 13.2 Å². The van der Waals surface area contributed by atoms with Crippen LogP contribution in [0.3, 0.4) is 0 Å². The highest BCUT2D eigenvalue weighted by atomic mass is 79.9. The number of carboxylic acids is 1. The molecule has 2 rings (SSSR count). The van der Waals surface area contributed by atoms with E-state index in [0.29, 0.717) is 23.0 Å². The molecule has 1 heterocycles. The molecule has 3 N–H and O–H groups in total. The minimum absolute atomic E-state index is 0.0124. The summed E-state index contributed by atoms with van der Waals surface area (Å²) in [5, 5.41) is 9.05. The maximum atomic E-state index is 12.6. The van der Waals surface area contributed by atoms with Crippen LogP contribution in [0.4, 0.5) is 0 Å². The van der Waals surface area contributed by atoms with E-state index in [1.54, 1.807) is 6.92 Å². The lowest BCUT2D eigenvalue weighted by molar-refractivity contribution is 0.0696. The van der Waals surface area contributed by atoms with Crippen molar-refractivity contribution in [3.63, 3.8) is 0 Å². The van der Waals surface area contributed by atoms with E-state index in [0.717, 1.165) is 0 Å². The predicted octanol–water partition coefficient (Wildman–Crippen LogP) is 1.18. The van der Waals surface area contributed by atoms with Crippen LogP contribution in [0, 0.1) is 6.92 Å². The minimum Gasteiger partial charge on any atom is -0.478 e. The van der Waals surface area contributed by atoms with Crippen molar-refractivity contribution >= 4 is 31.9 Å². The normalized spacial score (nSPS) is 20.2. The first kappa shape index (κ1) is 15.4. The number of sulfonamides is 1. The molecule has 1 atom stereocenters. The minimum atomic E-state index is -3.72. The molecule has 0 spiro atoms. The van der Waals surface area contributed by atoms with Gasteiger partial charge in [-0.2, -0.15) is 4.31 Å². The number of hydrogen-bond donors (Lipinski definition) is 2. The highest BCUT2D eigenvalue weighted by Gasteiger charge is 2.32. The molecule has 1 aliphatic rings. The first-order valence-electron chi connectivity index (χ1n) is 6.02. The Labute approximate surface area is 125 Å². The van der Waals surface area contributed by atoms with Gasteiger partial charge in [-0.25, -0.2) is 13.2 Å². The number of nitrogens with two attached hydrogens (primary N) is 1. The van der Waals surface area contributed by atoms with Crippen LogP contribution in [0.15, 0.2) is 21.5 Å². The highest BCUT2D eigenvalue weighted by Crippen LogP contribution is 2.29. The number of carbonyl (C=O) groups is 1. The predicted molar refractivity (Wildman–Crippen MR) is 77.2 cm³/mol. The number of halogens is 1. The first-order chi connectivity index (χ1) is 9.23. The second kappa shape index (κ2) is 5.44. The second-order valence-corrected chi connectivity index (χ2v) is 7.56. The second-order valence-electron chi connectivity index (χ2n) is 4.80. The summed E-state index contributed by atoms with van der Waals surface area (Å²) < 4.78 is 26.9. The van der Waals surface area contributed by atoms with Crippen molar-refractivity contribution in [3.8, 4) is 0 Å². The van der Waals surface area contributed by atoms with Gasteiger partial charge in [0.05, 0.1) is 10.5 Å². The summed E-state index contributed by atoms with van der Waals surface area (Å²) >= 11 is 3.21. The molecule has 0 saturated carbocycles. The molecule has 0 aliphatic carbocycles. The van der Waals surface area contributed by atoms with Crippen molar-refractivity contribution in [2.45, 2.75) is 24.3 Å². The standard InChI is InChI=1S/C12H15BrN2O4S/c1-7-10(13)4-8(12(16)17)5-11(7)20(18,19)15-3-2-9(14)6-15/h4-5,9H,2-3,6,14H2,1H3,(H,16,17). The van der Waals surface area contributed by atoms with Gasteiger partial charge >= 0.3 is 5.97 Å². The molecule has 20 heavy (non-hydrogen) atoms. The fourth-order valence-electron chi connectivity index (χ4n) is 2.16. The maximum Gasteiger partial charge on any atom is 0.335 e. The van der Waals surface area contributed by atoms with Crippen molar-refractivity contribution in [2.24, 2.45) is 5.73 Å². The van der Waals surface area contributed by atoms with Gasteiger partial charge in [0.2, 0.25) is 10.0 Å². The summed E-state index contributed by atoms with van der Waals surface area (Å²) in [7, 11) is -3.72. The topological polar surface area (TPSA) is 101 Å². The molecule has 1 aromatic carbocycles. The van der Waals surface area contributed by atoms with E-state index in [2.05, 4.69) is 15.9 Å². The molecule has 0 bridgehead atoms. The Morgan fingerprint density at radius 1 is 1.50 bits per heavy atom. The van der Waals surface area contributed by atoms with Gasteiger partial charge in [0.1, 0.15) is 0 Å². The third-order valence-electron chi connectivity index (χ3n) is 3.35. The zero-order chi connectivity index (χ0) is 15.1. The summed E-state index contributed by atoms with van der Waals surface area (Å²) in [6, 6.07) is 2.42. The van der Waals surface area contributed by atoms with Gasteiger partial charge in [-0.1, -0.05) is 15.9 Å². The molecule has 0 aromatic heterocycles. The fraction of sp³-hybridized carbons (Fsp3) is 0.417. The van der Waals surface area contributed by atoms with Crippen molar-refractivity contribution in [1.82, 2.24) is 4.31 Å².